The first-order chi connectivity index (χ1) is 11.6. The van der Waals surface area contributed by atoms with Gasteiger partial charge in [0.15, 0.2) is 0 Å². The molecule has 1 heterocycles. The molecule has 2 nitrogen and oxygen atoms in total. The zero-order chi connectivity index (χ0) is 19.6. The van der Waals surface area contributed by atoms with Gasteiger partial charge in [0.25, 0.3) is 0 Å². The Hall–Kier alpha value is -0.790. The molecule has 148 valence electrons. The van der Waals surface area contributed by atoms with Gasteiger partial charge in [-0.3, -0.25) is 4.99 Å². The molecule has 0 unspecified atom stereocenters. The number of allylic oxidation sites excluding steroid dienone is 2. The van der Waals surface area contributed by atoms with E-state index in [4.69, 9.17) is 0 Å². The van der Waals surface area contributed by atoms with Crippen LogP contribution < -0.4 is 5.32 Å². The molecule has 0 aromatic rings. The van der Waals surface area contributed by atoms with Gasteiger partial charge < -0.3 is 5.32 Å². The number of unbranched alkanes of at least 4 members (excludes halogenated alkanes) is 2. The van der Waals surface area contributed by atoms with Gasteiger partial charge in [-0.2, -0.15) is 0 Å². The molecule has 0 spiro atoms. The van der Waals surface area contributed by atoms with E-state index in [0.717, 1.165) is 19.0 Å². The van der Waals surface area contributed by atoms with E-state index in [1.807, 2.05) is 40.0 Å². The SMILES string of the molecule is CC.CC.CCC.CCCC1=CC=NCN1.CCCCCC(C)C. The average molecular weight is 343 g/mol. The lowest BCUT2D eigenvalue weighted by Gasteiger charge is -2.09. The molecule has 0 aliphatic carbocycles. The Balaban J connectivity index is -0.000000122. The average Bonchev–Trinajstić information content (AvgIpc) is 2.61. The number of rotatable bonds is 6. The topological polar surface area (TPSA) is 24.4 Å². The van der Waals surface area contributed by atoms with Crippen molar-refractivity contribution in [1.29, 1.82) is 0 Å². The van der Waals surface area contributed by atoms with E-state index in [0.29, 0.717) is 0 Å². The third-order valence-corrected chi connectivity index (χ3v) is 2.68. The van der Waals surface area contributed by atoms with Crippen LogP contribution in [0.25, 0.3) is 0 Å². The minimum absolute atomic E-state index is 0.756. The molecule has 0 fully saturated rings. The molecular weight excluding hydrogens is 292 g/mol. The van der Waals surface area contributed by atoms with Crippen molar-refractivity contribution in [1.82, 2.24) is 5.32 Å². The maximum Gasteiger partial charge on any atom is 0.107 e. The first-order valence-electron chi connectivity index (χ1n) is 10.5. The maximum absolute atomic E-state index is 4.00. The van der Waals surface area contributed by atoms with Crippen LogP contribution >= 0.6 is 0 Å². The highest BCUT2D eigenvalue weighted by molar-refractivity contribution is 5.72. The van der Waals surface area contributed by atoms with Crippen LogP contribution in [0.5, 0.6) is 0 Å². The lowest BCUT2D eigenvalue weighted by atomic mass is 10.1. The van der Waals surface area contributed by atoms with E-state index < -0.39 is 0 Å². The molecule has 1 aliphatic heterocycles. The summed E-state index contributed by atoms with van der Waals surface area (Å²) in [6.07, 6.45) is 13.1. The van der Waals surface area contributed by atoms with Crippen LogP contribution in [0.3, 0.4) is 0 Å². The van der Waals surface area contributed by atoms with Gasteiger partial charge in [-0.1, -0.05) is 108 Å². The minimum Gasteiger partial charge on any atom is -0.370 e. The molecule has 0 aromatic heterocycles. The van der Waals surface area contributed by atoms with Crippen molar-refractivity contribution in [2.45, 2.75) is 114 Å². The summed E-state index contributed by atoms with van der Waals surface area (Å²) < 4.78 is 0. The third kappa shape index (κ3) is 37.4. The van der Waals surface area contributed by atoms with Crippen molar-refractivity contribution in [3.63, 3.8) is 0 Å². The summed E-state index contributed by atoms with van der Waals surface area (Å²) in [5, 5.41) is 3.18. The standard InChI is InChI=1S/C8H18.C7H12N2.C3H8.2C2H6/c1-4-5-6-7-8(2)3;1-2-3-7-4-5-8-6-9-7;1-3-2;2*1-2/h8H,4-7H2,1-3H3;4-5,9H,2-3,6H2,1H3;3H2,1-2H3;2*1-2H3. The molecule has 0 aromatic carbocycles. The molecule has 0 radical (unpaired) electrons. The van der Waals surface area contributed by atoms with E-state index in [9.17, 15) is 0 Å². The van der Waals surface area contributed by atoms with Crippen molar-refractivity contribution in [2.75, 3.05) is 6.67 Å². The minimum atomic E-state index is 0.756. The summed E-state index contributed by atoms with van der Waals surface area (Å²) in [7, 11) is 0. The Labute approximate surface area is 155 Å². The van der Waals surface area contributed by atoms with Crippen LogP contribution in [0.4, 0.5) is 0 Å². The van der Waals surface area contributed by atoms with Gasteiger partial charge in [0, 0.05) is 11.9 Å². The van der Waals surface area contributed by atoms with E-state index in [1.165, 1.54) is 44.2 Å². The quantitative estimate of drug-likeness (QED) is 0.486. The van der Waals surface area contributed by atoms with Gasteiger partial charge >= 0.3 is 0 Å². The molecule has 0 bridgehead atoms. The maximum atomic E-state index is 4.00. The van der Waals surface area contributed by atoms with E-state index >= 15 is 0 Å². The molecular formula is C22H50N2. The highest BCUT2D eigenvalue weighted by Gasteiger charge is 1.94. The molecule has 0 amide bonds. The fraction of sp³-hybridized carbons (Fsp3) is 0.864. The summed E-state index contributed by atoms with van der Waals surface area (Å²) >= 11 is 0. The Morgan fingerprint density at radius 3 is 1.83 bits per heavy atom. The third-order valence-electron chi connectivity index (χ3n) is 2.68. The fourth-order valence-electron chi connectivity index (χ4n) is 1.65. The molecule has 0 saturated heterocycles. The number of hydrogen-bond acceptors (Lipinski definition) is 2. The summed E-state index contributed by atoms with van der Waals surface area (Å²) in [4.78, 5) is 4.00. The van der Waals surface area contributed by atoms with Crippen LogP contribution in [-0.4, -0.2) is 12.9 Å². The molecule has 1 aliphatic rings. The van der Waals surface area contributed by atoms with Crippen molar-refractivity contribution in [2.24, 2.45) is 10.9 Å². The van der Waals surface area contributed by atoms with E-state index in [2.05, 4.69) is 51.9 Å². The molecule has 0 atom stereocenters. The first kappa shape index (κ1) is 31.0. The van der Waals surface area contributed by atoms with Crippen molar-refractivity contribution >= 4 is 6.21 Å². The summed E-state index contributed by atoms with van der Waals surface area (Å²) in [6, 6.07) is 0. The monoisotopic (exact) mass is 342 g/mol. The van der Waals surface area contributed by atoms with Gasteiger partial charge in [0.05, 0.1) is 0 Å². The Bertz CT molecular complexity index is 230. The molecule has 0 saturated carbocycles. The largest absolute Gasteiger partial charge is 0.370 e. The molecule has 2 heteroatoms. The predicted octanol–water partition coefficient (Wildman–Crippen LogP) is 7.99. The zero-order valence-electron chi connectivity index (χ0n) is 18.8. The predicted molar refractivity (Wildman–Crippen MR) is 117 cm³/mol. The number of nitrogens with one attached hydrogen (secondary N) is 1. The molecule has 1 N–H and O–H groups in total. The first-order valence-corrected chi connectivity index (χ1v) is 10.5. The lowest BCUT2D eigenvalue weighted by molar-refractivity contribution is 0.534. The van der Waals surface area contributed by atoms with Crippen LogP contribution in [0, 0.1) is 5.92 Å². The van der Waals surface area contributed by atoms with Gasteiger partial charge in [-0.05, 0) is 18.4 Å². The second-order valence-electron chi connectivity index (χ2n) is 5.71. The lowest BCUT2D eigenvalue weighted by Crippen LogP contribution is -2.16. The van der Waals surface area contributed by atoms with Gasteiger partial charge in [0.2, 0.25) is 0 Å². The number of aliphatic imine (C=N–C) groups is 1. The molecule has 1 rings (SSSR count). The van der Waals surface area contributed by atoms with Crippen LogP contribution in [0.1, 0.15) is 114 Å². The van der Waals surface area contributed by atoms with Crippen molar-refractivity contribution < 1.29 is 0 Å². The van der Waals surface area contributed by atoms with Gasteiger partial charge in [0.1, 0.15) is 6.67 Å². The fourth-order valence-corrected chi connectivity index (χ4v) is 1.65. The van der Waals surface area contributed by atoms with Crippen LogP contribution in [0.2, 0.25) is 0 Å². The highest BCUT2D eigenvalue weighted by atomic mass is 15.0. The van der Waals surface area contributed by atoms with Crippen LogP contribution in [0.15, 0.2) is 16.8 Å². The Morgan fingerprint density at radius 1 is 0.958 bits per heavy atom. The number of nitrogens with zero attached hydrogens (tertiary/aromatic N) is 1. The van der Waals surface area contributed by atoms with Crippen LogP contribution in [-0.2, 0) is 0 Å². The van der Waals surface area contributed by atoms with Gasteiger partial charge in [-0.15, -0.1) is 0 Å². The zero-order valence-corrected chi connectivity index (χ0v) is 18.8. The normalized spacial score (nSPS) is 11.0. The van der Waals surface area contributed by atoms with E-state index in [-0.39, 0.29) is 0 Å². The van der Waals surface area contributed by atoms with Gasteiger partial charge in [-0.25, -0.2) is 0 Å². The van der Waals surface area contributed by atoms with E-state index in [1.54, 1.807) is 0 Å². The highest BCUT2D eigenvalue weighted by Crippen LogP contribution is 2.06. The summed E-state index contributed by atoms with van der Waals surface area (Å²) in [5.41, 5.74) is 1.31. The van der Waals surface area contributed by atoms with Crippen molar-refractivity contribution in [3.05, 3.63) is 11.8 Å². The van der Waals surface area contributed by atoms with Crippen molar-refractivity contribution in [3.8, 4) is 0 Å². The second kappa shape index (κ2) is 33.7. The number of hydrogen-bond donors (Lipinski definition) is 1. The summed E-state index contributed by atoms with van der Waals surface area (Å²) in [6.45, 7) is 22.0. The molecule has 24 heavy (non-hydrogen) atoms. The summed E-state index contributed by atoms with van der Waals surface area (Å²) in [5.74, 6) is 0.904. The second-order valence-corrected chi connectivity index (χ2v) is 5.71. The smallest absolute Gasteiger partial charge is 0.107 e. The Kier molecular flexibility index (Phi) is 43.6. The Morgan fingerprint density at radius 2 is 1.50 bits per heavy atom.